The summed E-state index contributed by atoms with van der Waals surface area (Å²) in [6.45, 7) is 3.98. The SMILES string of the molecule is Cc1cccc(Oc2cccc(Cl)c2C(N)=NO)c1C. The van der Waals surface area contributed by atoms with Gasteiger partial charge in [0.25, 0.3) is 0 Å². The van der Waals surface area contributed by atoms with Gasteiger partial charge in [-0.2, -0.15) is 0 Å². The van der Waals surface area contributed by atoms with Crippen LogP contribution in [0.25, 0.3) is 0 Å². The molecule has 20 heavy (non-hydrogen) atoms. The summed E-state index contributed by atoms with van der Waals surface area (Å²) in [5.41, 5.74) is 8.17. The minimum atomic E-state index is -0.0871. The van der Waals surface area contributed by atoms with Crippen molar-refractivity contribution < 1.29 is 9.94 Å². The highest BCUT2D eigenvalue weighted by atomic mass is 35.5. The molecule has 2 aromatic rings. The molecule has 3 N–H and O–H groups in total. The first kappa shape index (κ1) is 14.2. The van der Waals surface area contributed by atoms with Crippen molar-refractivity contribution in [3.63, 3.8) is 0 Å². The Balaban J connectivity index is 2.49. The van der Waals surface area contributed by atoms with Gasteiger partial charge >= 0.3 is 0 Å². The highest BCUT2D eigenvalue weighted by Crippen LogP contribution is 2.32. The molecule has 104 valence electrons. The fraction of sp³-hybridized carbons (Fsp3) is 0.133. The van der Waals surface area contributed by atoms with Crippen LogP contribution in [0.5, 0.6) is 11.5 Å². The average Bonchev–Trinajstić information content (AvgIpc) is 2.43. The average molecular weight is 291 g/mol. The normalized spacial score (nSPS) is 11.4. The molecule has 0 atom stereocenters. The van der Waals surface area contributed by atoms with E-state index in [0.29, 0.717) is 22.1 Å². The van der Waals surface area contributed by atoms with Crippen LogP contribution < -0.4 is 10.5 Å². The monoisotopic (exact) mass is 290 g/mol. The molecule has 4 nitrogen and oxygen atoms in total. The van der Waals surface area contributed by atoms with E-state index in [0.717, 1.165) is 11.1 Å². The Morgan fingerprint density at radius 2 is 1.80 bits per heavy atom. The summed E-state index contributed by atoms with van der Waals surface area (Å²) < 4.78 is 5.87. The van der Waals surface area contributed by atoms with Crippen molar-refractivity contribution in [1.82, 2.24) is 0 Å². The lowest BCUT2D eigenvalue weighted by molar-refractivity contribution is 0.318. The molecule has 2 rings (SSSR count). The van der Waals surface area contributed by atoms with Gasteiger partial charge in [-0.15, -0.1) is 0 Å². The van der Waals surface area contributed by atoms with Gasteiger partial charge in [-0.05, 0) is 43.2 Å². The van der Waals surface area contributed by atoms with Crippen LogP contribution >= 0.6 is 11.6 Å². The lowest BCUT2D eigenvalue weighted by Gasteiger charge is -2.14. The maximum absolute atomic E-state index is 8.85. The number of oxime groups is 1. The highest BCUT2D eigenvalue weighted by molar-refractivity contribution is 6.34. The number of hydrogen-bond donors (Lipinski definition) is 2. The molecule has 0 aliphatic rings. The predicted octanol–water partition coefficient (Wildman–Crippen LogP) is 3.84. The van der Waals surface area contributed by atoms with Gasteiger partial charge in [0.15, 0.2) is 5.84 Å². The molecule has 0 spiro atoms. The maximum atomic E-state index is 8.85. The third-order valence-corrected chi connectivity index (χ3v) is 3.43. The van der Waals surface area contributed by atoms with Crippen LogP contribution in [-0.2, 0) is 0 Å². The summed E-state index contributed by atoms with van der Waals surface area (Å²) in [5, 5.41) is 12.2. The maximum Gasteiger partial charge on any atom is 0.175 e. The zero-order valence-electron chi connectivity index (χ0n) is 11.2. The molecule has 0 aromatic heterocycles. The van der Waals surface area contributed by atoms with Crippen molar-refractivity contribution in [2.75, 3.05) is 0 Å². The quantitative estimate of drug-likeness (QED) is 0.390. The minimum Gasteiger partial charge on any atom is -0.456 e. The van der Waals surface area contributed by atoms with E-state index in [4.69, 9.17) is 27.3 Å². The summed E-state index contributed by atoms with van der Waals surface area (Å²) in [7, 11) is 0. The first-order valence-electron chi connectivity index (χ1n) is 6.05. The van der Waals surface area contributed by atoms with Crippen LogP contribution in [0.2, 0.25) is 5.02 Å². The first-order valence-corrected chi connectivity index (χ1v) is 6.43. The molecule has 0 amide bonds. The van der Waals surface area contributed by atoms with Crippen LogP contribution in [0, 0.1) is 13.8 Å². The summed E-state index contributed by atoms with van der Waals surface area (Å²) in [4.78, 5) is 0. The summed E-state index contributed by atoms with van der Waals surface area (Å²) in [5.74, 6) is 1.07. The third kappa shape index (κ3) is 2.70. The summed E-state index contributed by atoms with van der Waals surface area (Å²) in [6, 6.07) is 10.9. The zero-order valence-corrected chi connectivity index (χ0v) is 12.0. The molecule has 0 aliphatic heterocycles. The lowest BCUT2D eigenvalue weighted by atomic mass is 10.1. The van der Waals surface area contributed by atoms with E-state index in [9.17, 15) is 0 Å². The standard InChI is InChI=1S/C15H15ClN2O2/c1-9-5-3-7-12(10(9)2)20-13-8-4-6-11(16)14(13)15(17)18-19/h3-8,19H,1-2H3,(H2,17,18). The molecule has 0 fully saturated rings. The van der Waals surface area contributed by atoms with E-state index in [-0.39, 0.29) is 5.84 Å². The molecule has 0 unspecified atom stereocenters. The van der Waals surface area contributed by atoms with Crippen LogP contribution in [0.4, 0.5) is 0 Å². The van der Waals surface area contributed by atoms with Gasteiger partial charge in [-0.3, -0.25) is 0 Å². The first-order chi connectivity index (χ1) is 9.54. The van der Waals surface area contributed by atoms with E-state index in [1.165, 1.54) is 0 Å². The van der Waals surface area contributed by atoms with Crippen LogP contribution in [0.3, 0.4) is 0 Å². The predicted molar refractivity (Wildman–Crippen MR) is 80.0 cm³/mol. The van der Waals surface area contributed by atoms with Gasteiger partial charge in [-0.1, -0.05) is 35.0 Å². The Kier molecular flexibility index (Phi) is 4.15. The van der Waals surface area contributed by atoms with Crippen LogP contribution in [-0.4, -0.2) is 11.0 Å². The van der Waals surface area contributed by atoms with Crippen molar-refractivity contribution >= 4 is 17.4 Å². The number of amidine groups is 1. The Morgan fingerprint density at radius 3 is 2.50 bits per heavy atom. The fourth-order valence-corrected chi connectivity index (χ4v) is 2.10. The van der Waals surface area contributed by atoms with E-state index in [1.807, 2.05) is 32.0 Å². The Labute approximate surface area is 122 Å². The molecule has 0 bridgehead atoms. The number of benzene rings is 2. The highest BCUT2D eigenvalue weighted by Gasteiger charge is 2.14. The minimum absolute atomic E-state index is 0.0871. The Morgan fingerprint density at radius 1 is 1.15 bits per heavy atom. The molecule has 2 aromatic carbocycles. The number of ether oxygens (including phenoxy) is 1. The fourth-order valence-electron chi connectivity index (χ4n) is 1.84. The molecule has 0 radical (unpaired) electrons. The van der Waals surface area contributed by atoms with Crippen LogP contribution in [0.15, 0.2) is 41.6 Å². The molecule has 5 heteroatoms. The van der Waals surface area contributed by atoms with Gasteiger partial charge < -0.3 is 15.7 Å². The molecular weight excluding hydrogens is 276 g/mol. The van der Waals surface area contributed by atoms with Crippen molar-refractivity contribution in [1.29, 1.82) is 0 Å². The number of hydrogen-bond acceptors (Lipinski definition) is 3. The third-order valence-electron chi connectivity index (χ3n) is 3.11. The molecule has 0 saturated heterocycles. The number of nitrogens with zero attached hydrogens (tertiary/aromatic N) is 1. The second kappa shape index (κ2) is 5.84. The second-order valence-electron chi connectivity index (χ2n) is 4.40. The van der Waals surface area contributed by atoms with Gasteiger partial charge in [-0.25, -0.2) is 0 Å². The molecular formula is C15H15ClN2O2. The molecule has 0 aliphatic carbocycles. The van der Waals surface area contributed by atoms with E-state index in [2.05, 4.69) is 5.16 Å². The number of halogens is 1. The van der Waals surface area contributed by atoms with Crippen molar-refractivity contribution in [3.8, 4) is 11.5 Å². The smallest absolute Gasteiger partial charge is 0.175 e. The lowest BCUT2D eigenvalue weighted by Crippen LogP contribution is -2.15. The Bertz CT molecular complexity index is 669. The second-order valence-corrected chi connectivity index (χ2v) is 4.81. The van der Waals surface area contributed by atoms with Crippen molar-refractivity contribution in [2.24, 2.45) is 10.9 Å². The van der Waals surface area contributed by atoms with Crippen molar-refractivity contribution in [2.45, 2.75) is 13.8 Å². The van der Waals surface area contributed by atoms with Gasteiger partial charge in [0, 0.05) is 0 Å². The van der Waals surface area contributed by atoms with Gasteiger partial charge in [0.2, 0.25) is 0 Å². The van der Waals surface area contributed by atoms with Crippen molar-refractivity contribution in [3.05, 3.63) is 58.1 Å². The van der Waals surface area contributed by atoms with Crippen LogP contribution in [0.1, 0.15) is 16.7 Å². The summed E-state index contributed by atoms with van der Waals surface area (Å²) in [6.07, 6.45) is 0. The van der Waals surface area contributed by atoms with Gasteiger partial charge in [0.05, 0.1) is 10.6 Å². The number of nitrogens with two attached hydrogens (primary N) is 1. The topological polar surface area (TPSA) is 67.8 Å². The zero-order chi connectivity index (χ0) is 14.7. The largest absolute Gasteiger partial charge is 0.456 e. The summed E-state index contributed by atoms with van der Waals surface area (Å²) >= 11 is 6.09. The molecule has 0 saturated carbocycles. The number of aryl methyl sites for hydroxylation is 1. The van der Waals surface area contributed by atoms with E-state index < -0.39 is 0 Å². The number of rotatable bonds is 3. The molecule has 0 heterocycles. The Hall–Kier alpha value is -2.20. The van der Waals surface area contributed by atoms with E-state index >= 15 is 0 Å². The van der Waals surface area contributed by atoms with E-state index in [1.54, 1.807) is 18.2 Å². The van der Waals surface area contributed by atoms with Gasteiger partial charge in [0.1, 0.15) is 11.5 Å².